The molecule has 0 fully saturated rings. The predicted octanol–water partition coefficient (Wildman–Crippen LogP) is 1.62. The van der Waals surface area contributed by atoms with Crippen molar-refractivity contribution in [3.8, 4) is 0 Å². The number of hydrogen-bond acceptors (Lipinski definition) is 4. The Morgan fingerprint density at radius 1 is 1.55 bits per heavy atom. The molecule has 0 aliphatic heterocycles. The highest BCUT2D eigenvalue weighted by Gasteiger charge is 2.25. The van der Waals surface area contributed by atoms with Crippen LogP contribution in [0.15, 0.2) is 5.38 Å². The first-order chi connectivity index (χ1) is 5.02. The van der Waals surface area contributed by atoms with Crippen LogP contribution >= 0.6 is 11.5 Å². The topological polar surface area (TPSA) is 46.0 Å². The summed E-state index contributed by atoms with van der Waals surface area (Å²) in [6.45, 7) is 5.91. The lowest BCUT2D eigenvalue weighted by atomic mass is 9.88. The SMILES string of the molecule is CC(C)(C)C(O)c1csnn1. The average molecular weight is 172 g/mol. The predicted molar refractivity (Wildman–Crippen MR) is 44.3 cm³/mol. The smallest absolute Gasteiger partial charge is 0.105 e. The highest BCUT2D eigenvalue weighted by molar-refractivity contribution is 7.03. The van der Waals surface area contributed by atoms with E-state index in [0.29, 0.717) is 5.69 Å². The van der Waals surface area contributed by atoms with E-state index in [1.54, 1.807) is 5.38 Å². The van der Waals surface area contributed by atoms with Gasteiger partial charge in [-0.3, -0.25) is 0 Å². The molecule has 62 valence electrons. The third kappa shape index (κ3) is 1.97. The molecule has 3 nitrogen and oxygen atoms in total. The zero-order valence-electron chi connectivity index (χ0n) is 6.90. The van der Waals surface area contributed by atoms with Crippen LogP contribution in [0.3, 0.4) is 0 Å². The Labute approximate surface area is 70.2 Å². The molecule has 0 radical (unpaired) electrons. The monoisotopic (exact) mass is 172 g/mol. The number of aliphatic hydroxyl groups excluding tert-OH is 1. The van der Waals surface area contributed by atoms with E-state index in [-0.39, 0.29) is 5.41 Å². The molecule has 0 saturated heterocycles. The molecule has 1 heterocycles. The summed E-state index contributed by atoms with van der Waals surface area (Å²) < 4.78 is 3.69. The van der Waals surface area contributed by atoms with E-state index in [1.165, 1.54) is 11.5 Å². The average Bonchev–Trinajstić information content (AvgIpc) is 2.34. The van der Waals surface area contributed by atoms with E-state index in [2.05, 4.69) is 9.59 Å². The summed E-state index contributed by atoms with van der Waals surface area (Å²) >= 11 is 1.26. The van der Waals surface area contributed by atoms with Crippen molar-refractivity contribution in [2.45, 2.75) is 26.9 Å². The van der Waals surface area contributed by atoms with Gasteiger partial charge < -0.3 is 5.11 Å². The lowest BCUT2D eigenvalue weighted by Crippen LogP contribution is -2.18. The van der Waals surface area contributed by atoms with Crippen molar-refractivity contribution in [3.63, 3.8) is 0 Å². The molecule has 4 heteroatoms. The van der Waals surface area contributed by atoms with Gasteiger partial charge in [-0.15, -0.1) is 5.10 Å². The molecular weight excluding hydrogens is 160 g/mol. The van der Waals surface area contributed by atoms with Crippen LogP contribution in [0.5, 0.6) is 0 Å². The zero-order chi connectivity index (χ0) is 8.48. The van der Waals surface area contributed by atoms with E-state index < -0.39 is 6.10 Å². The Morgan fingerprint density at radius 3 is 2.55 bits per heavy atom. The fourth-order valence-electron chi connectivity index (χ4n) is 0.735. The second kappa shape index (κ2) is 2.87. The number of aliphatic hydroxyl groups is 1. The van der Waals surface area contributed by atoms with E-state index in [4.69, 9.17) is 0 Å². The summed E-state index contributed by atoms with van der Waals surface area (Å²) in [6, 6.07) is 0. The van der Waals surface area contributed by atoms with Crippen molar-refractivity contribution in [2.24, 2.45) is 5.41 Å². The molecule has 0 aromatic carbocycles. The summed E-state index contributed by atoms with van der Waals surface area (Å²) in [5, 5.41) is 15.2. The Balaban J connectivity index is 2.78. The molecule has 0 saturated carbocycles. The summed E-state index contributed by atoms with van der Waals surface area (Å²) in [5.41, 5.74) is 0.512. The number of nitrogens with zero attached hydrogens (tertiary/aromatic N) is 2. The van der Waals surface area contributed by atoms with Crippen LogP contribution in [0, 0.1) is 5.41 Å². The van der Waals surface area contributed by atoms with Gasteiger partial charge in [0.1, 0.15) is 11.8 Å². The molecule has 1 N–H and O–H groups in total. The molecule has 0 bridgehead atoms. The molecule has 0 amide bonds. The van der Waals surface area contributed by atoms with Crippen molar-refractivity contribution in [1.29, 1.82) is 0 Å². The highest BCUT2D eigenvalue weighted by Crippen LogP contribution is 2.31. The third-order valence-corrected chi connectivity index (χ3v) is 2.00. The first-order valence-electron chi connectivity index (χ1n) is 3.47. The lowest BCUT2D eigenvalue weighted by Gasteiger charge is -2.23. The first kappa shape index (κ1) is 8.62. The normalized spacial score (nSPS) is 14.9. The minimum Gasteiger partial charge on any atom is -0.386 e. The molecule has 11 heavy (non-hydrogen) atoms. The van der Waals surface area contributed by atoms with E-state index >= 15 is 0 Å². The summed E-state index contributed by atoms with van der Waals surface area (Å²) in [5.74, 6) is 0. The van der Waals surface area contributed by atoms with Gasteiger partial charge in [-0.05, 0) is 16.9 Å². The van der Waals surface area contributed by atoms with Crippen LogP contribution in [0.2, 0.25) is 0 Å². The fourth-order valence-corrected chi connectivity index (χ4v) is 1.21. The van der Waals surface area contributed by atoms with Crippen LogP contribution in [0.25, 0.3) is 0 Å². The zero-order valence-corrected chi connectivity index (χ0v) is 7.72. The van der Waals surface area contributed by atoms with Gasteiger partial charge in [-0.25, -0.2) is 0 Å². The van der Waals surface area contributed by atoms with Crippen molar-refractivity contribution in [3.05, 3.63) is 11.1 Å². The van der Waals surface area contributed by atoms with Gasteiger partial charge in [0.2, 0.25) is 0 Å². The molecule has 0 aliphatic carbocycles. The van der Waals surface area contributed by atoms with Gasteiger partial charge in [-0.1, -0.05) is 25.3 Å². The van der Waals surface area contributed by atoms with Gasteiger partial charge >= 0.3 is 0 Å². The van der Waals surface area contributed by atoms with Crippen LogP contribution in [0.1, 0.15) is 32.6 Å². The maximum atomic E-state index is 9.65. The molecular formula is C7H12N2OS. The second-order valence-corrected chi connectivity index (χ2v) is 4.21. The van der Waals surface area contributed by atoms with Gasteiger partial charge in [0, 0.05) is 5.38 Å². The fraction of sp³-hybridized carbons (Fsp3) is 0.714. The summed E-state index contributed by atoms with van der Waals surface area (Å²) in [6.07, 6.45) is -0.513. The third-order valence-electron chi connectivity index (χ3n) is 1.48. The first-order valence-corrected chi connectivity index (χ1v) is 4.30. The molecule has 0 aliphatic rings. The maximum absolute atomic E-state index is 9.65. The van der Waals surface area contributed by atoms with Crippen LogP contribution in [-0.2, 0) is 0 Å². The van der Waals surface area contributed by atoms with Crippen LogP contribution in [0.4, 0.5) is 0 Å². The standard InChI is InChI=1S/C7H12N2OS/c1-7(2,3)6(10)5-4-11-9-8-5/h4,6,10H,1-3H3. The quantitative estimate of drug-likeness (QED) is 0.700. The van der Waals surface area contributed by atoms with Crippen molar-refractivity contribution in [2.75, 3.05) is 0 Å². The number of hydrogen-bond donors (Lipinski definition) is 1. The molecule has 1 atom stereocenters. The second-order valence-electron chi connectivity index (χ2n) is 3.60. The Kier molecular flexibility index (Phi) is 2.25. The number of aromatic nitrogens is 2. The van der Waals surface area contributed by atoms with Crippen molar-refractivity contribution in [1.82, 2.24) is 9.59 Å². The summed E-state index contributed by atoms with van der Waals surface area (Å²) in [4.78, 5) is 0. The Morgan fingerprint density at radius 2 is 2.18 bits per heavy atom. The van der Waals surface area contributed by atoms with Crippen LogP contribution in [-0.4, -0.2) is 14.7 Å². The van der Waals surface area contributed by atoms with Gasteiger partial charge in [-0.2, -0.15) is 0 Å². The lowest BCUT2D eigenvalue weighted by molar-refractivity contribution is 0.0589. The van der Waals surface area contributed by atoms with Gasteiger partial charge in [0.05, 0.1) is 0 Å². The molecule has 1 aromatic heterocycles. The van der Waals surface area contributed by atoms with E-state index in [1.807, 2.05) is 20.8 Å². The minimum atomic E-state index is -0.513. The van der Waals surface area contributed by atoms with Crippen molar-refractivity contribution >= 4 is 11.5 Å². The summed E-state index contributed by atoms with van der Waals surface area (Å²) in [7, 11) is 0. The highest BCUT2D eigenvalue weighted by atomic mass is 32.1. The van der Waals surface area contributed by atoms with E-state index in [0.717, 1.165) is 0 Å². The Hall–Kier alpha value is -0.480. The largest absolute Gasteiger partial charge is 0.386 e. The minimum absolute atomic E-state index is 0.157. The Bertz CT molecular complexity index is 215. The van der Waals surface area contributed by atoms with E-state index in [9.17, 15) is 5.11 Å². The van der Waals surface area contributed by atoms with Gasteiger partial charge in [0.15, 0.2) is 0 Å². The van der Waals surface area contributed by atoms with Crippen molar-refractivity contribution < 1.29 is 5.11 Å². The molecule has 1 unspecified atom stereocenters. The van der Waals surface area contributed by atoms with Gasteiger partial charge in [0.25, 0.3) is 0 Å². The molecule has 0 spiro atoms. The number of rotatable bonds is 1. The molecule has 1 aromatic rings. The molecule has 1 rings (SSSR count). The van der Waals surface area contributed by atoms with Crippen LogP contribution < -0.4 is 0 Å². The maximum Gasteiger partial charge on any atom is 0.105 e.